The van der Waals surface area contributed by atoms with E-state index in [1.165, 1.54) is 18.5 Å². The highest BCUT2D eigenvalue weighted by atomic mass is 16.5. The number of ether oxygens (including phenoxy) is 1. The second kappa shape index (κ2) is 5.33. The van der Waals surface area contributed by atoms with Crippen LogP contribution in [0.2, 0.25) is 0 Å². The largest absolute Gasteiger partial charge is 0.376 e. The molecule has 0 aliphatic carbocycles. The standard InChI is InChI=1S/C12H20N2O/c1-2-13-9-11-5-3-7-14(11)10-12-6-4-8-15-12/h3,5,7,12-13H,2,4,6,8-10H2,1H3. The molecule has 0 aromatic carbocycles. The van der Waals surface area contributed by atoms with Crippen LogP contribution in [0.25, 0.3) is 0 Å². The van der Waals surface area contributed by atoms with Crippen molar-refractivity contribution in [3.8, 4) is 0 Å². The van der Waals surface area contributed by atoms with E-state index in [1.807, 2.05) is 0 Å². The molecule has 3 nitrogen and oxygen atoms in total. The Bertz CT molecular complexity index is 290. The van der Waals surface area contributed by atoms with E-state index in [4.69, 9.17) is 4.74 Å². The van der Waals surface area contributed by atoms with Gasteiger partial charge in [0, 0.05) is 31.6 Å². The van der Waals surface area contributed by atoms with E-state index in [-0.39, 0.29) is 0 Å². The van der Waals surface area contributed by atoms with Crippen molar-refractivity contribution in [2.45, 2.75) is 39.0 Å². The minimum atomic E-state index is 0.428. The molecule has 1 fully saturated rings. The highest BCUT2D eigenvalue weighted by Gasteiger charge is 2.16. The van der Waals surface area contributed by atoms with Gasteiger partial charge in [0.15, 0.2) is 0 Å². The molecule has 1 unspecified atom stereocenters. The zero-order valence-corrected chi connectivity index (χ0v) is 9.41. The van der Waals surface area contributed by atoms with Crippen LogP contribution in [0.15, 0.2) is 18.3 Å². The van der Waals surface area contributed by atoms with Crippen LogP contribution in [-0.2, 0) is 17.8 Å². The van der Waals surface area contributed by atoms with Crippen LogP contribution in [0, 0.1) is 0 Å². The molecule has 15 heavy (non-hydrogen) atoms. The molecule has 2 heterocycles. The Hall–Kier alpha value is -0.800. The number of hydrogen-bond acceptors (Lipinski definition) is 2. The Balaban J connectivity index is 1.91. The fourth-order valence-electron chi connectivity index (χ4n) is 2.05. The summed E-state index contributed by atoms with van der Waals surface area (Å²) >= 11 is 0. The van der Waals surface area contributed by atoms with Crippen molar-refractivity contribution < 1.29 is 4.74 Å². The fraction of sp³-hybridized carbons (Fsp3) is 0.667. The SMILES string of the molecule is CCNCc1cccn1CC1CCCO1. The zero-order chi connectivity index (χ0) is 10.5. The van der Waals surface area contributed by atoms with Crippen LogP contribution in [-0.4, -0.2) is 23.8 Å². The van der Waals surface area contributed by atoms with E-state index in [1.54, 1.807) is 0 Å². The molecule has 1 aromatic heterocycles. The third kappa shape index (κ3) is 2.83. The topological polar surface area (TPSA) is 26.2 Å². The number of nitrogens with zero attached hydrogens (tertiary/aromatic N) is 1. The van der Waals surface area contributed by atoms with Crippen molar-refractivity contribution in [2.24, 2.45) is 0 Å². The molecule has 0 radical (unpaired) electrons. The summed E-state index contributed by atoms with van der Waals surface area (Å²) in [4.78, 5) is 0. The van der Waals surface area contributed by atoms with Gasteiger partial charge in [-0.05, 0) is 31.5 Å². The first-order valence-electron chi connectivity index (χ1n) is 5.86. The van der Waals surface area contributed by atoms with Gasteiger partial charge >= 0.3 is 0 Å². The van der Waals surface area contributed by atoms with E-state index in [9.17, 15) is 0 Å². The van der Waals surface area contributed by atoms with E-state index < -0.39 is 0 Å². The van der Waals surface area contributed by atoms with E-state index in [0.29, 0.717) is 6.10 Å². The summed E-state index contributed by atoms with van der Waals surface area (Å²) < 4.78 is 7.95. The Morgan fingerprint density at radius 1 is 1.60 bits per heavy atom. The molecule has 1 aromatic rings. The van der Waals surface area contributed by atoms with Gasteiger partial charge < -0.3 is 14.6 Å². The molecule has 0 spiro atoms. The minimum absolute atomic E-state index is 0.428. The van der Waals surface area contributed by atoms with E-state index >= 15 is 0 Å². The lowest BCUT2D eigenvalue weighted by Gasteiger charge is -2.14. The third-order valence-corrected chi connectivity index (χ3v) is 2.90. The van der Waals surface area contributed by atoms with E-state index in [2.05, 4.69) is 35.1 Å². The number of aromatic nitrogens is 1. The lowest BCUT2D eigenvalue weighted by atomic mass is 10.2. The third-order valence-electron chi connectivity index (χ3n) is 2.90. The molecule has 1 aliphatic heterocycles. The second-order valence-electron chi connectivity index (χ2n) is 4.07. The molecule has 84 valence electrons. The monoisotopic (exact) mass is 208 g/mol. The molecule has 3 heteroatoms. The molecule has 1 N–H and O–H groups in total. The number of nitrogens with one attached hydrogen (secondary N) is 1. The molecule has 2 rings (SSSR count). The minimum Gasteiger partial charge on any atom is -0.376 e. The van der Waals surface area contributed by atoms with Crippen LogP contribution in [0.1, 0.15) is 25.5 Å². The maximum Gasteiger partial charge on any atom is 0.0754 e. The van der Waals surface area contributed by atoms with Gasteiger partial charge in [-0.15, -0.1) is 0 Å². The Morgan fingerprint density at radius 2 is 2.53 bits per heavy atom. The van der Waals surface area contributed by atoms with Gasteiger partial charge in [0.2, 0.25) is 0 Å². The predicted molar refractivity (Wildman–Crippen MR) is 60.8 cm³/mol. The summed E-state index contributed by atoms with van der Waals surface area (Å²) in [6, 6.07) is 4.29. The van der Waals surface area contributed by atoms with Crippen molar-refractivity contribution in [3.63, 3.8) is 0 Å². The maximum atomic E-state index is 5.64. The van der Waals surface area contributed by atoms with Crippen LogP contribution < -0.4 is 5.32 Å². The smallest absolute Gasteiger partial charge is 0.0754 e. The normalized spacial score (nSPS) is 21.0. The first-order chi connectivity index (χ1) is 7.40. The Morgan fingerprint density at radius 3 is 3.27 bits per heavy atom. The number of hydrogen-bond donors (Lipinski definition) is 1. The molecule has 0 bridgehead atoms. The van der Waals surface area contributed by atoms with Gasteiger partial charge in [0.05, 0.1) is 6.10 Å². The molecule has 1 saturated heterocycles. The van der Waals surface area contributed by atoms with Crippen LogP contribution in [0.5, 0.6) is 0 Å². The van der Waals surface area contributed by atoms with Gasteiger partial charge in [-0.2, -0.15) is 0 Å². The van der Waals surface area contributed by atoms with Crippen molar-refractivity contribution in [2.75, 3.05) is 13.2 Å². The summed E-state index contributed by atoms with van der Waals surface area (Å²) in [7, 11) is 0. The highest BCUT2D eigenvalue weighted by molar-refractivity contribution is 5.07. The van der Waals surface area contributed by atoms with Gasteiger partial charge in [-0.1, -0.05) is 6.92 Å². The molecule has 0 saturated carbocycles. The first-order valence-corrected chi connectivity index (χ1v) is 5.86. The average molecular weight is 208 g/mol. The lowest BCUT2D eigenvalue weighted by Crippen LogP contribution is -2.19. The van der Waals surface area contributed by atoms with Crippen LogP contribution in [0.4, 0.5) is 0 Å². The van der Waals surface area contributed by atoms with Crippen molar-refractivity contribution in [3.05, 3.63) is 24.0 Å². The van der Waals surface area contributed by atoms with Crippen LogP contribution >= 0.6 is 0 Å². The summed E-state index contributed by atoms with van der Waals surface area (Å²) in [5.41, 5.74) is 1.35. The lowest BCUT2D eigenvalue weighted by molar-refractivity contribution is 0.0964. The summed E-state index contributed by atoms with van der Waals surface area (Å²) in [6.07, 6.45) is 5.00. The first kappa shape index (κ1) is 10.7. The van der Waals surface area contributed by atoms with Crippen molar-refractivity contribution in [1.29, 1.82) is 0 Å². The Kier molecular flexibility index (Phi) is 3.80. The summed E-state index contributed by atoms with van der Waals surface area (Å²) in [5, 5.41) is 3.35. The van der Waals surface area contributed by atoms with Crippen molar-refractivity contribution >= 4 is 0 Å². The average Bonchev–Trinajstić information content (AvgIpc) is 2.87. The fourth-order valence-corrected chi connectivity index (χ4v) is 2.05. The molecule has 0 amide bonds. The van der Waals surface area contributed by atoms with Crippen LogP contribution in [0.3, 0.4) is 0 Å². The second-order valence-corrected chi connectivity index (χ2v) is 4.07. The maximum absolute atomic E-state index is 5.64. The summed E-state index contributed by atoms with van der Waals surface area (Å²) in [6.45, 7) is 6.05. The van der Waals surface area contributed by atoms with Gasteiger partial charge in [0.25, 0.3) is 0 Å². The molecule has 1 atom stereocenters. The van der Waals surface area contributed by atoms with E-state index in [0.717, 1.165) is 26.2 Å². The van der Waals surface area contributed by atoms with Crippen molar-refractivity contribution in [1.82, 2.24) is 9.88 Å². The molecular formula is C12H20N2O. The Labute approximate surface area is 91.4 Å². The summed E-state index contributed by atoms with van der Waals surface area (Å²) in [5.74, 6) is 0. The zero-order valence-electron chi connectivity index (χ0n) is 9.41. The quantitative estimate of drug-likeness (QED) is 0.798. The van der Waals surface area contributed by atoms with Gasteiger partial charge in [0.1, 0.15) is 0 Å². The highest BCUT2D eigenvalue weighted by Crippen LogP contribution is 2.15. The van der Waals surface area contributed by atoms with Gasteiger partial charge in [-0.3, -0.25) is 0 Å². The molecular weight excluding hydrogens is 188 g/mol. The predicted octanol–water partition coefficient (Wildman–Crippen LogP) is 1.78. The van der Waals surface area contributed by atoms with Gasteiger partial charge in [-0.25, -0.2) is 0 Å². The molecule has 1 aliphatic rings. The number of rotatable bonds is 5.